The van der Waals surface area contributed by atoms with Crippen LogP contribution in [0.1, 0.15) is 46.1 Å². The second-order valence-corrected chi connectivity index (χ2v) is 15.7. The van der Waals surface area contributed by atoms with Gasteiger partial charge in [-0.2, -0.15) is 0 Å². The number of azide groups is 1. The molecule has 2 aliphatic heterocycles. The smallest absolute Gasteiger partial charge is 0.231 e. The van der Waals surface area contributed by atoms with Gasteiger partial charge in [0.15, 0.2) is 25.6 Å². The molecule has 1 saturated heterocycles. The average molecular weight is 510 g/mol. The van der Waals surface area contributed by atoms with Crippen LogP contribution in [0.4, 0.5) is 0 Å². The van der Waals surface area contributed by atoms with Crippen molar-refractivity contribution in [2.45, 2.75) is 82.8 Å². The highest BCUT2D eigenvalue weighted by Crippen LogP contribution is 2.41. The van der Waals surface area contributed by atoms with Crippen molar-refractivity contribution in [3.05, 3.63) is 34.2 Å². The second kappa shape index (κ2) is 11.0. The van der Waals surface area contributed by atoms with E-state index in [0.29, 0.717) is 18.1 Å². The molecule has 0 N–H and O–H groups in total. The van der Waals surface area contributed by atoms with E-state index < -0.39 is 26.3 Å². The minimum absolute atomic E-state index is 0.0398. The number of ether oxygens (including phenoxy) is 6. The molecular weight excluding hydrogens is 470 g/mol. The first-order chi connectivity index (χ1) is 16.4. The van der Waals surface area contributed by atoms with E-state index >= 15 is 0 Å². The minimum Gasteiger partial charge on any atom is -0.454 e. The highest BCUT2D eigenvalue weighted by Gasteiger charge is 2.49. The standard InChI is InChI=1S/C24H39N3O7Si/c1-23(2,3)35(7,8)32-13-20-22(34-24(4,5)33-20)21(31-14-28-6)17(12-26-27-25)16-9-10-18-19(11-16)30-15-29-18/h9-11,17,20-22H,12-15H2,1-8H3/t17-,20-,21+,22+/m0/s1. The van der Waals surface area contributed by atoms with Gasteiger partial charge in [0, 0.05) is 24.5 Å². The fourth-order valence-electron chi connectivity index (χ4n) is 4.03. The van der Waals surface area contributed by atoms with Gasteiger partial charge in [0.25, 0.3) is 0 Å². The molecule has 0 bridgehead atoms. The van der Waals surface area contributed by atoms with E-state index in [1.54, 1.807) is 7.11 Å². The molecular formula is C24H39N3O7Si. The molecule has 0 radical (unpaired) electrons. The van der Waals surface area contributed by atoms with Crippen LogP contribution in [0.3, 0.4) is 0 Å². The zero-order chi connectivity index (χ0) is 25.9. The third kappa shape index (κ3) is 6.68. The Bertz CT molecular complexity index is 915. The second-order valence-electron chi connectivity index (χ2n) is 10.9. The molecule has 1 aromatic rings. The quantitative estimate of drug-likeness (QED) is 0.130. The summed E-state index contributed by atoms with van der Waals surface area (Å²) in [5.74, 6) is 0.126. The molecule has 0 aromatic heterocycles. The maximum atomic E-state index is 9.10. The van der Waals surface area contributed by atoms with Crippen LogP contribution in [0, 0.1) is 0 Å². The number of hydrogen-bond acceptors (Lipinski definition) is 8. The van der Waals surface area contributed by atoms with Crippen LogP contribution >= 0.6 is 0 Å². The summed E-state index contributed by atoms with van der Waals surface area (Å²) in [5, 5.41) is 3.94. The SMILES string of the molecule is COCO[C@@H]([C@@H]1OC(C)(C)O[C@H]1CO[Si](C)(C)C(C)(C)C)[C@@H](CN=[N+]=[N-])c1ccc2c(c1)OCO2. The first kappa shape index (κ1) is 27.7. The van der Waals surface area contributed by atoms with Crippen molar-refractivity contribution in [2.24, 2.45) is 5.11 Å². The predicted molar refractivity (Wildman–Crippen MR) is 133 cm³/mol. The summed E-state index contributed by atoms with van der Waals surface area (Å²) in [7, 11) is -0.467. The van der Waals surface area contributed by atoms with E-state index in [9.17, 15) is 0 Å². The zero-order valence-electron chi connectivity index (χ0n) is 22.1. The molecule has 0 aliphatic carbocycles. The summed E-state index contributed by atoms with van der Waals surface area (Å²) in [6, 6.07) is 5.67. The first-order valence-corrected chi connectivity index (χ1v) is 14.8. The summed E-state index contributed by atoms with van der Waals surface area (Å²) in [4.78, 5) is 3.00. The van der Waals surface area contributed by atoms with Gasteiger partial charge in [-0.3, -0.25) is 0 Å². The number of benzene rings is 1. The predicted octanol–water partition coefficient (Wildman–Crippen LogP) is 5.34. The molecule has 3 rings (SSSR count). The average Bonchev–Trinajstić information content (AvgIpc) is 3.36. The van der Waals surface area contributed by atoms with Crippen molar-refractivity contribution in [1.29, 1.82) is 0 Å². The van der Waals surface area contributed by atoms with Crippen molar-refractivity contribution in [3.8, 4) is 11.5 Å². The van der Waals surface area contributed by atoms with E-state index in [1.165, 1.54) is 0 Å². The molecule has 196 valence electrons. The molecule has 0 spiro atoms. The van der Waals surface area contributed by atoms with Crippen LogP contribution in [0.2, 0.25) is 18.1 Å². The Hall–Kier alpha value is -1.85. The molecule has 2 heterocycles. The highest BCUT2D eigenvalue weighted by atomic mass is 28.4. The fraction of sp³-hybridized carbons (Fsp3) is 0.750. The van der Waals surface area contributed by atoms with Crippen LogP contribution in [-0.4, -0.2) is 66.3 Å². The number of rotatable bonds is 11. The third-order valence-corrected chi connectivity index (χ3v) is 11.4. The van der Waals surface area contributed by atoms with Gasteiger partial charge in [-0.25, -0.2) is 0 Å². The van der Waals surface area contributed by atoms with E-state index in [-0.39, 0.29) is 37.2 Å². The Morgan fingerprint density at radius 1 is 1.20 bits per heavy atom. The lowest BCUT2D eigenvalue weighted by Crippen LogP contribution is -2.48. The van der Waals surface area contributed by atoms with Gasteiger partial charge >= 0.3 is 0 Å². The lowest BCUT2D eigenvalue weighted by Gasteiger charge is -2.38. The molecule has 0 amide bonds. The van der Waals surface area contributed by atoms with Gasteiger partial charge in [-0.05, 0) is 55.2 Å². The van der Waals surface area contributed by atoms with Crippen molar-refractivity contribution in [1.82, 2.24) is 0 Å². The lowest BCUT2D eigenvalue weighted by atomic mass is 9.88. The van der Waals surface area contributed by atoms with E-state index in [2.05, 4.69) is 43.9 Å². The van der Waals surface area contributed by atoms with Crippen LogP contribution in [0.25, 0.3) is 10.4 Å². The Kier molecular flexibility index (Phi) is 8.75. The molecule has 0 unspecified atom stereocenters. The van der Waals surface area contributed by atoms with Gasteiger partial charge in [-0.15, -0.1) is 0 Å². The molecule has 1 aromatic carbocycles. The first-order valence-electron chi connectivity index (χ1n) is 11.9. The van der Waals surface area contributed by atoms with Gasteiger partial charge in [0.1, 0.15) is 19.0 Å². The highest BCUT2D eigenvalue weighted by molar-refractivity contribution is 6.74. The summed E-state index contributed by atoms with van der Waals surface area (Å²) in [6.07, 6.45) is -1.42. The molecule has 4 atom stereocenters. The molecule has 2 aliphatic rings. The summed E-state index contributed by atoms with van der Waals surface area (Å²) in [6.45, 7) is 15.5. The third-order valence-electron chi connectivity index (χ3n) is 6.90. The number of fused-ring (bicyclic) bond motifs is 1. The van der Waals surface area contributed by atoms with Gasteiger partial charge in [-0.1, -0.05) is 32.0 Å². The molecule has 1 fully saturated rings. The Morgan fingerprint density at radius 2 is 1.91 bits per heavy atom. The molecule has 10 nitrogen and oxygen atoms in total. The maximum absolute atomic E-state index is 9.10. The largest absolute Gasteiger partial charge is 0.454 e. The van der Waals surface area contributed by atoms with Crippen molar-refractivity contribution in [2.75, 3.05) is 33.8 Å². The van der Waals surface area contributed by atoms with E-state index in [0.717, 1.165) is 5.56 Å². The van der Waals surface area contributed by atoms with E-state index in [1.807, 2.05) is 32.0 Å². The summed E-state index contributed by atoms with van der Waals surface area (Å²) >= 11 is 0. The normalized spacial score (nSPS) is 23.1. The lowest BCUT2D eigenvalue weighted by molar-refractivity contribution is -0.173. The fourth-order valence-corrected chi connectivity index (χ4v) is 5.05. The van der Waals surface area contributed by atoms with Gasteiger partial charge < -0.3 is 32.8 Å². The number of hydrogen-bond donors (Lipinski definition) is 0. The van der Waals surface area contributed by atoms with Crippen molar-refractivity contribution < 1.29 is 32.8 Å². The van der Waals surface area contributed by atoms with Crippen molar-refractivity contribution in [3.63, 3.8) is 0 Å². The maximum Gasteiger partial charge on any atom is 0.231 e. The minimum atomic E-state index is -2.03. The number of methoxy groups -OCH3 is 1. The molecule has 35 heavy (non-hydrogen) atoms. The monoisotopic (exact) mass is 509 g/mol. The Morgan fingerprint density at radius 3 is 2.57 bits per heavy atom. The van der Waals surface area contributed by atoms with Crippen molar-refractivity contribution >= 4 is 8.32 Å². The van der Waals surface area contributed by atoms with Crippen LogP contribution < -0.4 is 9.47 Å². The molecule has 11 heteroatoms. The van der Waals surface area contributed by atoms with E-state index in [4.69, 9.17) is 38.4 Å². The topological polar surface area (TPSA) is 113 Å². The van der Waals surface area contributed by atoms with Crippen LogP contribution in [0.5, 0.6) is 11.5 Å². The molecule has 0 saturated carbocycles. The van der Waals surface area contributed by atoms with Crippen LogP contribution in [-0.2, 0) is 23.4 Å². The Balaban J connectivity index is 1.94. The zero-order valence-corrected chi connectivity index (χ0v) is 23.1. The summed E-state index contributed by atoms with van der Waals surface area (Å²) in [5.41, 5.74) is 9.98. The van der Waals surface area contributed by atoms with Gasteiger partial charge in [0.05, 0.1) is 12.7 Å². The van der Waals surface area contributed by atoms with Gasteiger partial charge in [0.2, 0.25) is 6.79 Å². The summed E-state index contributed by atoms with van der Waals surface area (Å²) < 4.78 is 41.7. The Labute approximate surface area is 208 Å². The number of nitrogens with zero attached hydrogens (tertiary/aromatic N) is 3. The van der Waals surface area contributed by atoms with Crippen LogP contribution in [0.15, 0.2) is 23.3 Å².